The summed E-state index contributed by atoms with van der Waals surface area (Å²) in [5.74, 6) is -0.901. The number of aromatic nitrogens is 2. The van der Waals surface area contributed by atoms with Crippen LogP contribution in [0, 0.1) is 0 Å². The molecule has 0 aliphatic carbocycles. The normalized spacial score (nSPS) is 11.0. The molecule has 7 nitrogen and oxygen atoms in total. The number of nitrogens with zero attached hydrogens (tertiary/aromatic N) is 1. The highest BCUT2D eigenvalue weighted by Gasteiger charge is 2.14. The van der Waals surface area contributed by atoms with Gasteiger partial charge in [-0.05, 0) is 31.2 Å². The van der Waals surface area contributed by atoms with Gasteiger partial charge in [-0.3, -0.25) is 0 Å². The monoisotopic (exact) mass is 342 g/mol. The minimum absolute atomic E-state index is 0.193. The Hall–Kier alpha value is -2.93. The molecule has 0 fully saturated rings. The molecule has 1 N–H and O–H groups in total. The van der Waals surface area contributed by atoms with Gasteiger partial charge in [-0.15, -0.1) is 0 Å². The number of rotatable bonds is 6. The van der Waals surface area contributed by atoms with Crippen LogP contribution in [0.25, 0.3) is 21.8 Å². The van der Waals surface area contributed by atoms with E-state index in [4.69, 9.17) is 14.2 Å². The average Bonchev–Trinajstić information content (AvgIpc) is 2.99. The quantitative estimate of drug-likeness (QED) is 0.547. The van der Waals surface area contributed by atoms with Gasteiger partial charge in [0, 0.05) is 23.4 Å². The molecule has 0 radical (unpaired) electrons. The van der Waals surface area contributed by atoms with Crippen LogP contribution in [0.5, 0.6) is 0 Å². The van der Waals surface area contributed by atoms with Gasteiger partial charge < -0.3 is 19.2 Å². The van der Waals surface area contributed by atoms with Crippen molar-refractivity contribution in [3.63, 3.8) is 0 Å². The first-order valence-electron chi connectivity index (χ1n) is 7.88. The Morgan fingerprint density at radius 1 is 1.04 bits per heavy atom. The third kappa shape index (κ3) is 3.46. The molecule has 130 valence electrons. The van der Waals surface area contributed by atoms with E-state index in [0.29, 0.717) is 12.2 Å². The highest BCUT2D eigenvalue weighted by atomic mass is 16.6. The highest BCUT2D eigenvalue weighted by molar-refractivity contribution is 6.10. The van der Waals surface area contributed by atoms with E-state index in [0.717, 1.165) is 21.8 Å². The van der Waals surface area contributed by atoms with Gasteiger partial charge in [-0.25, -0.2) is 14.6 Å². The summed E-state index contributed by atoms with van der Waals surface area (Å²) >= 11 is 0. The molecule has 7 heteroatoms. The molecule has 3 rings (SSSR count). The zero-order valence-corrected chi connectivity index (χ0v) is 14.0. The van der Waals surface area contributed by atoms with E-state index in [9.17, 15) is 9.59 Å². The lowest BCUT2D eigenvalue weighted by molar-refractivity contribution is 0.0388. The first-order valence-corrected chi connectivity index (χ1v) is 7.88. The first-order chi connectivity index (χ1) is 12.1. The van der Waals surface area contributed by atoms with Crippen LogP contribution in [0.3, 0.4) is 0 Å². The fourth-order valence-electron chi connectivity index (χ4n) is 2.54. The van der Waals surface area contributed by atoms with Crippen LogP contribution in [0.15, 0.2) is 30.5 Å². The van der Waals surface area contributed by atoms with Crippen molar-refractivity contribution in [1.82, 2.24) is 9.97 Å². The average molecular weight is 342 g/mol. The molecule has 0 aliphatic heterocycles. The summed E-state index contributed by atoms with van der Waals surface area (Å²) in [7, 11) is 1.54. The lowest BCUT2D eigenvalue weighted by Crippen LogP contribution is -2.09. The van der Waals surface area contributed by atoms with Gasteiger partial charge in [0.05, 0.1) is 30.5 Å². The number of ether oxygens (including phenoxy) is 3. The SMILES string of the molecule is CCOC(=O)c1cc2c(cn1)[nH]c1ccc(C(=O)OCCOC)cc12. The Labute approximate surface area is 143 Å². The van der Waals surface area contributed by atoms with Crippen molar-refractivity contribution in [3.8, 4) is 0 Å². The lowest BCUT2D eigenvalue weighted by Gasteiger charge is -2.04. The Morgan fingerprint density at radius 3 is 2.60 bits per heavy atom. The van der Waals surface area contributed by atoms with Gasteiger partial charge >= 0.3 is 11.9 Å². The van der Waals surface area contributed by atoms with Gasteiger partial charge in [0.15, 0.2) is 0 Å². The van der Waals surface area contributed by atoms with Crippen molar-refractivity contribution < 1.29 is 23.8 Å². The van der Waals surface area contributed by atoms with Crippen LogP contribution < -0.4 is 0 Å². The number of hydrogen-bond donors (Lipinski definition) is 1. The maximum absolute atomic E-state index is 12.1. The van der Waals surface area contributed by atoms with E-state index in [1.54, 1.807) is 44.5 Å². The van der Waals surface area contributed by atoms with Crippen LogP contribution in [0.1, 0.15) is 27.8 Å². The topological polar surface area (TPSA) is 90.5 Å². The zero-order chi connectivity index (χ0) is 17.8. The number of carbonyl (C=O) groups is 2. The van der Waals surface area contributed by atoms with Crippen LogP contribution in [-0.2, 0) is 14.2 Å². The summed E-state index contributed by atoms with van der Waals surface area (Å²) in [5, 5.41) is 1.60. The Bertz CT molecular complexity index is 932. The van der Waals surface area contributed by atoms with Gasteiger partial charge in [0.1, 0.15) is 12.3 Å². The molecule has 0 aliphatic rings. The second-order valence-corrected chi connectivity index (χ2v) is 5.35. The fourth-order valence-corrected chi connectivity index (χ4v) is 2.54. The first kappa shape index (κ1) is 16.9. The number of hydrogen-bond acceptors (Lipinski definition) is 6. The molecule has 25 heavy (non-hydrogen) atoms. The number of aromatic amines is 1. The van der Waals surface area contributed by atoms with Gasteiger partial charge in [0.25, 0.3) is 0 Å². The van der Waals surface area contributed by atoms with E-state index in [-0.39, 0.29) is 18.9 Å². The van der Waals surface area contributed by atoms with Crippen molar-refractivity contribution in [3.05, 3.63) is 41.7 Å². The molecule has 0 saturated heterocycles. The van der Waals surface area contributed by atoms with E-state index < -0.39 is 11.9 Å². The summed E-state index contributed by atoms with van der Waals surface area (Å²) in [6, 6.07) is 6.88. The van der Waals surface area contributed by atoms with Gasteiger partial charge in [-0.1, -0.05) is 0 Å². The largest absolute Gasteiger partial charge is 0.461 e. The molecule has 0 spiro atoms. The molecular weight excluding hydrogens is 324 g/mol. The number of fused-ring (bicyclic) bond motifs is 3. The third-order valence-electron chi connectivity index (χ3n) is 3.72. The van der Waals surface area contributed by atoms with Crippen molar-refractivity contribution >= 4 is 33.7 Å². The highest BCUT2D eigenvalue weighted by Crippen LogP contribution is 2.26. The van der Waals surface area contributed by atoms with Crippen molar-refractivity contribution in [2.24, 2.45) is 0 Å². The maximum atomic E-state index is 12.1. The smallest absolute Gasteiger partial charge is 0.356 e. The molecule has 0 saturated carbocycles. The number of carbonyl (C=O) groups excluding carboxylic acids is 2. The number of benzene rings is 1. The van der Waals surface area contributed by atoms with E-state index in [1.807, 2.05) is 0 Å². The molecule has 0 atom stereocenters. The van der Waals surface area contributed by atoms with Crippen molar-refractivity contribution in [2.75, 3.05) is 26.9 Å². The van der Waals surface area contributed by atoms with Crippen LogP contribution in [-0.4, -0.2) is 48.8 Å². The molecular formula is C18H18N2O5. The second kappa shape index (κ2) is 7.31. The molecule has 0 amide bonds. The minimum atomic E-state index is -0.478. The predicted molar refractivity (Wildman–Crippen MR) is 91.7 cm³/mol. The zero-order valence-electron chi connectivity index (χ0n) is 14.0. The summed E-state index contributed by atoms with van der Waals surface area (Å²) in [4.78, 5) is 31.3. The summed E-state index contributed by atoms with van der Waals surface area (Å²) in [5.41, 5.74) is 2.27. The molecule has 3 aromatic rings. The van der Waals surface area contributed by atoms with E-state index in [2.05, 4.69) is 9.97 Å². The van der Waals surface area contributed by atoms with Crippen LogP contribution in [0.2, 0.25) is 0 Å². The second-order valence-electron chi connectivity index (χ2n) is 5.35. The van der Waals surface area contributed by atoms with Crippen LogP contribution >= 0.6 is 0 Å². The molecule has 0 unspecified atom stereocenters. The van der Waals surface area contributed by atoms with E-state index >= 15 is 0 Å². The Kier molecular flexibility index (Phi) is 4.95. The number of esters is 2. The number of methoxy groups -OCH3 is 1. The Morgan fingerprint density at radius 2 is 1.84 bits per heavy atom. The summed E-state index contributed by atoms with van der Waals surface area (Å²) in [6.07, 6.45) is 1.58. The standard InChI is InChI=1S/C18H18N2O5/c1-3-24-18(22)15-9-13-12-8-11(17(21)25-7-6-23-2)4-5-14(12)20-16(13)10-19-15/h4-5,8-10,20H,3,6-7H2,1-2H3. The summed E-state index contributed by atoms with van der Waals surface area (Å²) < 4.78 is 15.0. The number of nitrogens with one attached hydrogen (secondary N) is 1. The maximum Gasteiger partial charge on any atom is 0.356 e. The molecule has 1 aromatic carbocycles. The van der Waals surface area contributed by atoms with Crippen molar-refractivity contribution in [1.29, 1.82) is 0 Å². The van der Waals surface area contributed by atoms with Gasteiger partial charge in [0.2, 0.25) is 0 Å². The van der Waals surface area contributed by atoms with Crippen LogP contribution in [0.4, 0.5) is 0 Å². The lowest BCUT2D eigenvalue weighted by atomic mass is 10.1. The predicted octanol–water partition coefficient (Wildman–Crippen LogP) is 2.70. The van der Waals surface area contributed by atoms with E-state index in [1.165, 1.54) is 0 Å². The number of pyridine rings is 1. The Balaban J connectivity index is 1.99. The van der Waals surface area contributed by atoms with Crippen molar-refractivity contribution in [2.45, 2.75) is 6.92 Å². The summed E-state index contributed by atoms with van der Waals surface area (Å²) in [6.45, 7) is 2.56. The third-order valence-corrected chi connectivity index (χ3v) is 3.72. The number of H-pyrrole nitrogens is 1. The minimum Gasteiger partial charge on any atom is -0.461 e. The molecule has 0 bridgehead atoms. The molecule has 2 aromatic heterocycles. The molecule has 2 heterocycles. The fraction of sp³-hybridized carbons (Fsp3) is 0.278. The van der Waals surface area contributed by atoms with Gasteiger partial charge in [-0.2, -0.15) is 0 Å².